The van der Waals surface area contributed by atoms with E-state index in [1.54, 1.807) is 0 Å². The summed E-state index contributed by atoms with van der Waals surface area (Å²) in [5, 5.41) is 15.6. The second kappa shape index (κ2) is 7.51. The standard InChI is InChI=1S/C20H18N6S/c1-13(17-12-21-18-11-7-6-10-16(17)18)23-26-20-22-14(2)19(27-20)25-24-15-8-4-3-5-9-15/h3-12,21H,1-2H3,(H,22,26)/b23-13-,25-24?. The van der Waals surface area contributed by atoms with E-state index in [0.29, 0.717) is 5.13 Å². The average Bonchev–Trinajstić information content (AvgIpc) is 3.29. The summed E-state index contributed by atoms with van der Waals surface area (Å²) in [7, 11) is 0. The van der Waals surface area contributed by atoms with Crippen LogP contribution < -0.4 is 5.43 Å². The number of aromatic nitrogens is 2. The summed E-state index contributed by atoms with van der Waals surface area (Å²) in [5.41, 5.74) is 7.71. The molecule has 0 amide bonds. The summed E-state index contributed by atoms with van der Waals surface area (Å²) in [5.74, 6) is 0. The van der Waals surface area contributed by atoms with E-state index in [4.69, 9.17) is 0 Å². The number of para-hydroxylation sites is 1. The first-order chi connectivity index (χ1) is 13.2. The Labute approximate surface area is 160 Å². The lowest BCUT2D eigenvalue weighted by Crippen LogP contribution is -1.98. The molecular weight excluding hydrogens is 356 g/mol. The fourth-order valence-corrected chi connectivity index (χ4v) is 3.42. The minimum atomic E-state index is 0.689. The van der Waals surface area contributed by atoms with Gasteiger partial charge < -0.3 is 4.98 Å². The molecule has 2 heterocycles. The molecule has 27 heavy (non-hydrogen) atoms. The van der Waals surface area contributed by atoms with Crippen molar-refractivity contribution in [2.45, 2.75) is 13.8 Å². The van der Waals surface area contributed by atoms with Crippen molar-refractivity contribution in [1.29, 1.82) is 0 Å². The fraction of sp³-hybridized carbons (Fsp3) is 0.100. The van der Waals surface area contributed by atoms with Crippen LogP contribution in [0.15, 0.2) is 76.1 Å². The van der Waals surface area contributed by atoms with Crippen molar-refractivity contribution < 1.29 is 0 Å². The van der Waals surface area contributed by atoms with Gasteiger partial charge in [-0.25, -0.2) is 4.98 Å². The van der Waals surface area contributed by atoms with Gasteiger partial charge in [0.1, 0.15) is 0 Å². The Morgan fingerprint density at radius 1 is 1.04 bits per heavy atom. The van der Waals surface area contributed by atoms with E-state index < -0.39 is 0 Å². The first-order valence-electron chi connectivity index (χ1n) is 8.52. The molecule has 0 fully saturated rings. The number of nitrogens with zero attached hydrogens (tertiary/aromatic N) is 4. The normalized spacial score (nSPS) is 12.1. The number of thiazole rings is 1. The molecule has 0 unspecified atom stereocenters. The van der Waals surface area contributed by atoms with E-state index in [9.17, 15) is 0 Å². The van der Waals surface area contributed by atoms with Gasteiger partial charge in [0.15, 0.2) is 5.00 Å². The minimum Gasteiger partial charge on any atom is -0.360 e. The second-order valence-corrected chi connectivity index (χ2v) is 6.98. The molecule has 0 saturated heterocycles. The molecule has 7 heteroatoms. The summed E-state index contributed by atoms with van der Waals surface area (Å²) in [6.45, 7) is 3.89. The van der Waals surface area contributed by atoms with Crippen LogP contribution in [0.25, 0.3) is 10.9 Å². The number of azo groups is 1. The quantitative estimate of drug-likeness (QED) is 0.248. The highest BCUT2D eigenvalue weighted by Crippen LogP contribution is 2.32. The molecule has 0 aliphatic carbocycles. The van der Waals surface area contributed by atoms with E-state index in [1.807, 2.05) is 68.6 Å². The van der Waals surface area contributed by atoms with Crippen LogP contribution in [-0.2, 0) is 0 Å². The predicted octanol–water partition coefficient (Wildman–Crippen LogP) is 6.18. The zero-order chi connectivity index (χ0) is 18.6. The van der Waals surface area contributed by atoms with Gasteiger partial charge in [-0.3, -0.25) is 5.43 Å². The van der Waals surface area contributed by atoms with E-state index in [1.165, 1.54) is 11.3 Å². The topological polar surface area (TPSA) is 77.8 Å². The van der Waals surface area contributed by atoms with Crippen molar-refractivity contribution in [3.8, 4) is 0 Å². The molecular formula is C20H18N6S. The van der Waals surface area contributed by atoms with Crippen molar-refractivity contribution in [3.05, 3.63) is 72.1 Å². The molecule has 0 atom stereocenters. The van der Waals surface area contributed by atoms with Gasteiger partial charge in [0.2, 0.25) is 5.13 Å². The molecule has 4 aromatic rings. The summed E-state index contributed by atoms with van der Waals surface area (Å²) in [6.07, 6.45) is 1.97. The molecule has 0 aliphatic rings. The highest BCUT2D eigenvalue weighted by Gasteiger charge is 2.08. The molecule has 0 radical (unpaired) electrons. The third kappa shape index (κ3) is 3.78. The molecule has 2 N–H and O–H groups in total. The van der Waals surface area contributed by atoms with Crippen molar-refractivity contribution in [1.82, 2.24) is 9.97 Å². The predicted molar refractivity (Wildman–Crippen MR) is 112 cm³/mol. The molecule has 134 valence electrons. The van der Waals surface area contributed by atoms with Crippen LogP contribution in [0.3, 0.4) is 0 Å². The van der Waals surface area contributed by atoms with Crippen LogP contribution in [0.5, 0.6) is 0 Å². The smallest absolute Gasteiger partial charge is 0.205 e. The third-order valence-electron chi connectivity index (χ3n) is 4.08. The minimum absolute atomic E-state index is 0.689. The number of fused-ring (bicyclic) bond motifs is 1. The Kier molecular flexibility index (Phi) is 4.76. The lowest BCUT2D eigenvalue weighted by atomic mass is 10.1. The molecule has 6 nitrogen and oxygen atoms in total. The number of aromatic amines is 1. The number of nitrogens with one attached hydrogen (secondary N) is 2. The largest absolute Gasteiger partial charge is 0.360 e. The highest BCUT2D eigenvalue weighted by molar-refractivity contribution is 7.19. The van der Waals surface area contributed by atoms with Gasteiger partial charge in [-0.05, 0) is 32.0 Å². The molecule has 0 spiro atoms. The summed E-state index contributed by atoms with van der Waals surface area (Å²) < 4.78 is 0. The van der Waals surface area contributed by atoms with Crippen LogP contribution in [0.2, 0.25) is 0 Å². The number of hydrogen-bond acceptors (Lipinski definition) is 6. The van der Waals surface area contributed by atoms with Gasteiger partial charge in [-0.2, -0.15) is 5.10 Å². The lowest BCUT2D eigenvalue weighted by Gasteiger charge is -1.99. The van der Waals surface area contributed by atoms with Crippen LogP contribution >= 0.6 is 11.3 Å². The lowest BCUT2D eigenvalue weighted by molar-refractivity contribution is 1.18. The fourth-order valence-electron chi connectivity index (χ4n) is 2.69. The van der Waals surface area contributed by atoms with Gasteiger partial charge in [0.05, 0.1) is 17.1 Å². The number of hydrazone groups is 1. The molecule has 2 aromatic heterocycles. The maximum atomic E-state index is 4.48. The first-order valence-corrected chi connectivity index (χ1v) is 9.33. The molecule has 0 bridgehead atoms. The molecule has 0 aliphatic heterocycles. The van der Waals surface area contributed by atoms with Gasteiger partial charge in [0.25, 0.3) is 0 Å². The van der Waals surface area contributed by atoms with E-state index >= 15 is 0 Å². The van der Waals surface area contributed by atoms with Gasteiger partial charge in [-0.1, -0.05) is 47.7 Å². The first kappa shape index (κ1) is 17.1. The van der Waals surface area contributed by atoms with E-state index in [-0.39, 0.29) is 0 Å². The third-order valence-corrected chi connectivity index (χ3v) is 5.03. The highest BCUT2D eigenvalue weighted by atomic mass is 32.1. The van der Waals surface area contributed by atoms with Crippen LogP contribution in [0, 0.1) is 6.92 Å². The average molecular weight is 374 g/mol. The zero-order valence-corrected chi connectivity index (χ0v) is 15.8. The number of rotatable bonds is 5. The van der Waals surface area contributed by atoms with Crippen molar-refractivity contribution >= 4 is 43.8 Å². The Bertz CT molecular complexity index is 1120. The Balaban J connectivity index is 1.51. The van der Waals surface area contributed by atoms with Crippen molar-refractivity contribution in [3.63, 3.8) is 0 Å². The number of aryl methyl sites for hydroxylation is 1. The summed E-state index contributed by atoms with van der Waals surface area (Å²) in [4.78, 5) is 7.74. The molecule has 4 rings (SSSR count). The molecule has 2 aromatic carbocycles. The number of hydrogen-bond donors (Lipinski definition) is 2. The Morgan fingerprint density at radius 2 is 1.81 bits per heavy atom. The second-order valence-electron chi connectivity index (χ2n) is 6.00. The maximum Gasteiger partial charge on any atom is 0.205 e. The summed E-state index contributed by atoms with van der Waals surface area (Å²) in [6, 6.07) is 17.8. The monoisotopic (exact) mass is 374 g/mol. The number of anilines is 1. The Hall–Kier alpha value is -3.32. The van der Waals surface area contributed by atoms with Crippen molar-refractivity contribution in [2.75, 3.05) is 5.43 Å². The van der Waals surface area contributed by atoms with Gasteiger partial charge >= 0.3 is 0 Å². The van der Waals surface area contributed by atoms with Gasteiger partial charge in [0, 0.05) is 22.7 Å². The number of H-pyrrole nitrogens is 1. The SMILES string of the molecule is C/C(=N/Nc1nc(C)c(N=Nc2ccccc2)s1)c1c[nH]c2ccccc12. The number of benzene rings is 2. The Morgan fingerprint density at radius 3 is 2.67 bits per heavy atom. The van der Waals surface area contributed by atoms with Crippen molar-refractivity contribution in [2.24, 2.45) is 15.3 Å². The summed E-state index contributed by atoms with van der Waals surface area (Å²) >= 11 is 1.42. The van der Waals surface area contributed by atoms with Gasteiger partial charge in [-0.15, -0.1) is 10.2 Å². The molecule has 0 saturated carbocycles. The maximum absolute atomic E-state index is 4.48. The van der Waals surface area contributed by atoms with Crippen LogP contribution in [0.1, 0.15) is 18.2 Å². The van der Waals surface area contributed by atoms with E-state index in [2.05, 4.69) is 36.8 Å². The zero-order valence-electron chi connectivity index (χ0n) is 15.0. The van der Waals surface area contributed by atoms with E-state index in [0.717, 1.165) is 38.6 Å². The van der Waals surface area contributed by atoms with Crippen LogP contribution in [0.4, 0.5) is 15.8 Å². The van der Waals surface area contributed by atoms with Crippen LogP contribution in [-0.4, -0.2) is 15.7 Å².